The fraction of sp³-hybridized carbons (Fsp3) is 0.308. The van der Waals surface area contributed by atoms with E-state index in [9.17, 15) is 0 Å². The van der Waals surface area contributed by atoms with Crippen LogP contribution in [0.15, 0.2) is 35.2 Å². The molecule has 1 N–H and O–H groups in total. The van der Waals surface area contributed by atoms with Crippen LogP contribution in [-0.2, 0) is 13.0 Å². The molecule has 3 rings (SSSR count). The molecule has 16 heavy (non-hydrogen) atoms. The molecule has 2 aromatic heterocycles. The van der Waals surface area contributed by atoms with Crippen LogP contribution in [0, 0.1) is 0 Å². The van der Waals surface area contributed by atoms with E-state index in [1.807, 2.05) is 12.3 Å². The van der Waals surface area contributed by atoms with E-state index in [1.165, 1.54) is 23.2 Å². The fourth-order valence-electron chi connectivity index (χ4n) is 2.25. The van der Waals surface area contributed by atoms with Gasteiger partial charge in [-0.15, -0.1) is 0 Å². The van der Waals surface area contributed by atoms with Crippen molar-refractivity contribution in [1.82, 2.24) is 10.3 Å². The lowest BCUT2D eigenvalue weighted by atomic mass is 10.2. The van der Waals surface area contributed by atoms with Crippen molar-refractivity contribution < 1.29 is 0 Å². The number of hydrogen-bond donors (Lipinski definition) is 1. The highest BCUT2D eigenvalue weighted by atomic mass is 32.1. The quantitative estimate of drug-likeness (QED) is 0.877. The number of pyridine rings is 1. The summed E-state index contributed by atoms with van der Waals surface area (Å²) < 4.78 is 0. The smallest absolute Gasteiger partial charge is 0.0605 e. The van der Waals surface area contributed by atoms with Gasteiger partial charge in [-0.1, -0.05) is 6.07 Å². The molecular weight excluding hydrogens is 216 g/mol. The fourth-order valence-corrected chi connectivity index (χ4v) is 2.91. The van der Waals surface area contributed by atoms with Crippen molar-refractivity contribution in [2.75, 3.05) is 0 Å². The van der Waals surface area contributed by atoms with Gasteiger partial charge in [-0.25, -0.2) is 0 Å². The molecule has 3 heteroatoms. The molecule has 0 bridgehead atoms. The maximum Gasteiger partial charge on any atom is 0.0605 e. The summed E-state index contributed by atoms with van der Waals surface area (Å²) in [7, 11) is 0. The van der Waals surface area contributed by atoms with Gasteiger partial charge in [0.15, 0.2) is 0 Å². The van der Waals surface area contributed by atoms with Crippen LogP contribution < -0.4 is 5.32 Å². The van der Waals surface area contributed by atoms with Gasteiger partial charge in [-0.05, 0) is 46.9 Å². The van der Waals surface area contributed by atoms with E-state index in [1.54, 1.807) is 11.3 Å². The van der Waals surface area contributed by atoms with E-state index in [2.05, 4.69) is 33.2 Å². The second-order valence-electron chi connectivity index (χ2n) is 4.15. The SMILES string of the molecule is c1cnc2c(c1)CCC2NCc1ccsc1. The third-order valence-corrected chi connectivity index (χ3v) is 3.82. The molecule has 1 aliphatic rings. The molecule has 2 nitrogen and oxygen atoms in total. The number of thiophene rings is 1. The molecule has 82 valence electrons. The van der Waals surface area contributed by atoms with Gasteiger partial charge in [0, 0.05) is 12.7 Å². The lowest BCUT2D eigenvalue weighted by Gasteiger charge is -2.12. The van der Waals surface area contributed by atoms with Crippen molar-refractivity contribution >= 4 is 11.3 Å². The maximum atomic E-state index is 4.48. The van der Waals surface area contributed by atoms with Crippen LogP contribution in [0.25, 0.3) is 0 Å². The van der Waals surface area contributed by atoms with Crippen LogP contribution >= 0.6 is 11.3 Å². The highest BCUT2D eigenvalue weighted by Crippen LogP contribution is 2.29. The van der Waals surface area contributed by atoms with Crippen molar-refractivity contribution in [3.8, 4) is 0 Å². The summed E-state index contributed by atoms with van der Waals surface area (Å²) in [5, 5.41) is 7.90. The summed E-state index contributed by atoms with van der Waals surface area (Å²) in [4.78, 5) is 4.48. The predicted octanol–water partition coefficient (Wildman–Crippen LogP) is 2.92. The van der Waals surface area contributed by atoms with E-state index in [0.29, 0.717) is 6.04 Å². The van der Waals surface area contributed by atoms with E-state index in [4.69, 9.17) is 0 Å². The average Bonchev–Trinajstić information content (AvgIpc) is 2.96. The number of aromatic nitrogens is 1. The summed E-state index contributed by atoms with van der Waals surface area (Å²) in [5.41, 5.74) is 4.03. The van der Waals surface area contributed by atoms with Crippen molar-refractivity contribution in [3.63, 3.8) is 0 Å². The number of fused-ring (bicyclic) bond motifs is 1. The third kappa shape index (κ3) is 1.88. The molecule has 0 aliphatic heterocycles. The maximum absolute atomic E-state index is 4.48. The Morgan fingerprint density at radius 1 is 1.44 bits per heavy atom. The van der Waals surface area contributed by atoms with Gasteiger partial charge < -0.3 is 5.32 Å². The first kappa shape index (κ1) is 10.00. The Morgan fingerprint density at radius 3 is 3.31 bits per heavy atom. The lowest BCUT2D eigenvalue weighted by Crippen LogP contribution is -2.19. The van der Waals surface area contributed by atoms with Crippen LogP contribution in [0.1, 0.15) is 29.3 Å². The Labute approximate surface area is 99.4 Å². The number of hydrogen-bond acceptors (Lipinski definition) is 3. The summed E-state index contributed by atoms with van der Waals surface area (Å²) in [6.07, 6.45) is 4.23. The minimum Gasteiger partial charge on any atom is -0.304 e. The van der Waals surface area contributed by atoms with Gasteiger partial charge in [-0.2, -0.15) is 11.3 Å². The van der Waals surface area contributed by atoms with Crippen LogP contribution in [-0.4, -0.2) is 4.98 Å². The molecule has 2 heterocycles. The van der Waals surface area contributed by atoms with Crippen molar-refractivity contribution in [2.45, 2.75) is 25.4 Å². The number of nitrogens with one attached hydrogen (secondary N) is 1. The highest BCUT2D eigenvalue weighted by molar-refractivity contribution is 7.07. The molecule has 0 saturated heterocycles. The first-order valence-electron chi connectivity index (χ1n) is 5.62. The van der Waals surface area contributed by atoms with Crippen LogP contribution in [0.4, 0.5) is 0 Å². The summed E-state index contributed by atoms with van der Waals surface area (Å²) in [6.45, 7) is 0.949. The molecule has 1 unspecified atom stereocenters. The van der Waals surface area contributed by atoms with Gasteiger partial charge in [0.05, 0.1) is 11.7 Å². The molecule has 0 aromatic carbocycles. The van der Waals surface area contributed by atoms with Gasteiger partial charge in [0.25, 0.3) is 0 Å². The molecule has 0 spiro atoms. The van der Waals surface area contributed by atoms with Crippen molar-refractivity contribution in [1.29, 1.82) is 0 Å². The summed E-state index contributed by atoms with van der Waals surface area (Å²) in [6, 6.07) is 6.83. The molecule has 0 radical (unpaired) electrons. The van der Waals surface area contributed by atoms with Crippen LogP contribution in [0.3, 0.4) is 0 Å². The third-order valence-electron chi connectivity index (χ3n) is 3.09. The van der Waals surface area contributed by atoms with Crippen LogP contribution in [0.2, 0.25) is 0 Å². The lowest BCUT2D eigenvalue weighted by molar-refractivity contribution is 0.521. The minimum absolute atomic E-state index is 0.441. The minimum atomic E-state index is 0.441. The Hall–Kier alpha value is -1.19. The second-order valence-corrected chi connectivity index (χ2v) is 4.93. The molecule has 0 fully saturated rings. The number of aryl methyl sites for hydroxylation is 1. The van der Waals surface area contributed by atoms with Crippen molar-refractivity contribution in [2.24, 2.45) is 0 Å². The zero-order valence-corrected chi connectivity index (χ0v) is 9.83. The summed E-state index contributed by atoms with van der Waals surface area (Å²) in [5.74, 6) is 0. The molecule has 1 atom stereocenters. The number of nitrogens with zero attached hydrogens (tertiary/aromatic N) is 1. The largest absolute Gasteiger partial charge is 0.304 e. The predicted molar refractivity (Wildman–Crippen MR) is 66.5 cm³/mol. The van der Waals surface area contributed by atoms with Gasteiger partial charge in [0.2, 0.25) is 0 Å². The van der Waals surface area contributed by atoms with Gasteiger partial charge in [0.1, 0.15) is 0 Å². The van der Waals surface area contributed by atoms with E-state index < -0.39 is 0 Å². The first-order valence-corrected chi connectivity index (χ1v) is 6.56. The molecule has 0 amide bonds. The zero-order chi connectivity index (χ0) is 10.8. The Balaban J connectivity index is 1.69. The average molecular weight is 230 g/mol. The van der Waals surface area contributed by atoms with E-state index in [0.717, 1.165) is 13.0 Å². The molecular formula is C13H14N2S. The number of rotatable bonds is 3. The monoisotopic (exact) mass is 230 g/mol. The van der Waals surface area contributed by atoms with Crippen LogP contribution in [0.5, 0.6) is 0 Å². The Morgan fingerprint density at radius 2 is 2.44 bits per heavy atom. The molecule has 2 aromatic rings. The first-order chi connectivity index (χ1) is 7.93. The Bertz CT molecular complexity index is 465. The van der Waals surface area contributed by atoms with E-state index in [-0.39, 0.29) is 0 Å². The topological polar surface area (TPSA) is 24.9 Å². The second kappa shape index (κ2) is 4.36. The normalized spacial score (nSPS) is 18.6. The highest BCUT2D eigenvalue weighted by Gasteiger charge is 2.22. The Kier molecular flexibility index (Phi) is 2.72. The van der Waals surface area contributed by atoms with E-state index >= 15 is 0 Å². The standard InChI is InChI=1S/C13H14N2S/c1-2-11-3-4-12(13(11)14-6-1)15-8-10-5-7-16-9-10/h1-2,5-7,9,12,15H,3-4,8H2. The summed E-state index contributed by atoms with van der Waals surface area (Å²) >= 11 is 1.75. The molecule has 0 saturated carbocycles. The zero-order valence-electron chi connectivity index (χ0n) is 9.02. The van der Waals surface area contributed by atoms with Crippen molar-refractivity contribution in [3.05, 3.63) is 52.0 Å². The van der Waals surface area contributed by atoms with Gasteiger partial charge >= 0.3 is 0 Å². The molecule has 1 aliphatic carbocycles. The van der Waals surface area contributed by atoms with Gasteiger partial charge in [-0.3, -0.25) is 4.98 Å².